The van der Waals surface area contributed by atoms with Gasteiger partial charge in [0, 0.05) is 5.57 Å². The SMILES string of the molecule is O=C/C(=C/c1ccccc1)C1=CCCC=C1. The Hall–Kier alpha value is -1.89. The molecular weight excluding hydrogens is 196 g/mol. The Labute approximate surface area is 95.8 Å². The Morgan fingerprint density at radius 3 is 2.56 bits per heavy atom. The van der Waals surface area contributed by atoms with Gasteiger partial charge in [-0.05, 0) is 30.1 Å². The zero-order valence-corrected chi connectivity index (χ0v) is 9.10. The molecule has 1 aromatic rings. The third kappa shape index (κ3) is 2.57. The van der Waals surface area contributed by atoms with E-state index in [-0.39, 0.29) is 0 Å². The number of carbonyl (C=O) groups excluding carboxylic acids is 1. The van der Waals surface area contributed by atoms with Crippen molar-refractivity contribution < 1.29 is 4.79 Å². The van der Waals surface area contributed by atoms with Gasteiger partial charge in [0.2, 0.25) is 0 Å². The smallest absolute Gasteiger partial charge is 0.150 e. The summed E-state index contributed by atoms with van der Waals surface area (Å²) in [7, 11) is 0. The van der Waals surface area contributed by atoms with Gasteiger partial charge >= 0.3 is 0 Å². The lowest BCUT2D eigenvalue weighted by Gasteiger charge is -2.06. The van der Waals surface area contributed by atoms with E-state index < -0.39 is 0 Å². The van der Waals surface area contributed by atoms with Crippen molar-refractivity contribution in [2.45, 2.75) is 12.8 Å². The molecule has 1 aliphatic rings. The van der Waals surface area contributed by atoms with Crippen molar-refractivity contribution in [3.05, 3.63) is 65.3 Å². The van der Waals surface area contributed by atoms with Crippen LogP contribution in [-0.4, -0.2) is 6.29 Å². The molecule has 0 saturated carbocycles. The van der Waals surface area contributed by atoms with Gasteiger partial charge in [-0.15, -0.1) is 0 Å². The number of carbonyl (C=O) groups is 1. The Morgan fingerprint density at radius 1 is 1.12 bits per heavy atom. The largest absolute Gasteiger partial charge is 0.298 e. The molecule has 0 spiro atoms. The van der Waals surface area contributed by atoms with Crippen molar-refractivity contribution in [2.75, 3.05) is 0 Å². The van der Waals surface area contributed by atoms with E-state index in [1.807, 2.05) is 42.5 Å². The highest BCUT2D eigenvalue weighted by atomic mass is 16.1. The lowest BCUT2D eigenvalue weighted by molar-refractivity contribution is -0.104. The highest BCUT2D eigenvalue weighted by Gasteiger charge is 2.03. The van der Waals surface area contributed by atoms with E-state index in [0.717, 1.165) is 35.8 Å². The van der Waals surface area contributed by atoms with Gasteiger partial charge in [-0.2, -0.15) is 0 Å². The standard InChI is InChI=1S/C15H14O/c16-12-15(14-9-5-2-6-10-14)11-13-7-3-1-4-8-13/h1,3-5,7-12H,2,6H2/b15-11-. The summed E-state index contributed by atoms with van der Waals surface area (Å²) in [5.74, 6) is 0. The minimum absolute atomic E-state index is 0.752. The first-order valence-electron chi connectivity index (χ1n) is 5.49. The Balaban J connectivity index is 2.29. The summed E-state index contributed by atoms with van der Waals surface area (Å²) in [6.07, 6.45) is 11.2. The fourth-order valence-corrected chi connectivity index (χ4v) is 1.74. The molecule has 1 nitrogen and oxygen atoms in total. The number of aldehydes is 1. The Bertz CT molecular complexity index is 450. The lowest BCUT2D eigenvalue weighted by atomic mass is 9.98. The van der Waals surface area contributed by atoms with Crippen molar-refractivity contribution in [3.63, 3.8) is 0 Å². The highest BCUT2D eigenvalue weighted by molar-refractivity contribution is 5.89. The van der Waals surface area contributed by atoms with Gasteiger partial charge in [0.05, 0.1) is 0 Å². The van der Waals surface area contributed by atoms with Crippen molar-refractivity contribution in [3.8, 4) is 0 Å². The molecule has 2 rings (SSSR count). The Kier molecular flexibility index (Phi) is 3.50. The summed E-state index contributed by atoms with van der Waals surface area (Å²) >= 11 is 0. The summed E-state index contributed by atoms with van der Waals surface area (Å²) < 4.78 is 0. The second kappa shape index (κ2) is 5.26. The van der Waals surface area contributed by atoms with Crippen LogP contribution in [0.3, 0.4) is 0 Å². The van der Waals surface area contributed by atoms with Crippen LogP contribution in [0.15, 0.2) is 59.7 Å². The second-order valence-corrected chi connectivity index (χ2v) is 3.77. The van der Waals surface area contributed by atoms with Gasteiger partial charge in [-0.1, -0.05) is 48.6 Å². The molecule has 0 aromatic heterocycles. The minimum Gasteiger partial charge on any atom is -0.298 e. The fourth-order valence-electron chi connectivity index (χ4n) is 1.74. The quantitative estimate of drug-likeness (QED) is 0.551. The van der Waals surface area contributed by atoms with Crippen LogP contribution in [0.4, 0.5) is 0 Å². The van der Waals surface area contributed by atoms with Crippen molar-refractivity contribution >= 4 is 12.4 Å². The number of rotatable bonds is 3. The van der Waals surface area contributed by atoms with Crippen LogP contribution in [0.25, 0.3) is 6.08 Å². The molecule has 0 atom stereocenters. The average Bonchev–Trinajstić information content (AvgIpc) is 2.38. The monoisotopic (exact) mass is 210 g/mol. The molecule has 0 amide bonds. The summed E-state index contributed by atoms with van der Waals surface area (Å²) in [5.41, 5.74) is 2.84. The maximum Gasteiger partial charge on any atom is 0.150 e. The molecule has 0 radical (unpaired) electrons. The van der Waals surface area contributed by atoms with Gasteiger partial charge < -0.3 is 0 Å². The maximum absolute atomic E-state index is 11.1. The van der Waals surface area contributed by atoms with Gasteiger partial charge in [-0.25, -0.2) is 0 Å². The second-order valence-electron chi connectivity index (χ2n) is 3.77. The summed E-state index contributed by atoms with van der Waals surface area (Å²) in [4.78, 5) is 11.1. The van der Waals surface area contributed by atoms with Crippen LogP contribution >= 0.6 is 0 Å². The summed E-state index contributed by atoms with van der Waals surface area (Å²) in [6.45, 7) is 0. The Morgan fingerprint density at radius 2 is 1.94 bits per heavy atom. The van der Waals surface area contributed by atoms with Crippen LogP contribution in [0.1, 0.15) is 18.4 Å². The first-order valence-corrected chi connectivity index (χ1v) is 5.49. The number of benzene rings is 1. The molecule has 0 N–H and O–H groups in total. The van der Waals surface area contributed by atoms with Gasteiger partial charge in [-0.3, -0.25) is 4.79 Å². The van der Waals surface area contributed by atoms with Gasteiger partial charge in [0.1, 0.15) is 0 Å². The molecule has 1 aliphatic carbocycles. The van der Waals surface area contributed by atoms with E-state index in [0.29, 0.717) is 0 Å². The van der Waals surface area contributed by atoms with Crippen LogP contribution in [-0.2, 0) is 4.79 Å². The first kappa shape index (κ1) is 10.6. The third-order valence-corrected chi connectivity index (χ3v) is 2.58. The van der Waals surface area contributed by atoms with E-state index in [1.54, 1.807) is 0 Å². The zero-order valence-electron chi connectivity index (χ0n) is 9.10. The summed E-state index contributed by atoms with van der Waals surface area (Å²) in [5, 5.41) is 0. The summed E-state index contributed by atoms with van der Waals surface area (Å²) in [6, 6.07) is 9.91. The van der Waals surface area contributed by atoms with Crippen molar-refractivity contribution in [1.29, 1.82) is 0 Å². The molecule has 0 saturated heterocycles. The fraction of sp³-hybridized carbons (Fsp3) is 0.133. The van der Waals surface area contributed by atoms with Crippen molar-refractivity contribution in [2.24, 2.45) is 0 Å². The minimum atomic E-state index is 0.752. The normalized spacial score (nSPS) is 15.8. The van der Waals surface area contributed by atoms with Gasteiger partial charge in [0.25, 0.3) is 0 Å². The molecular formula is C15H14O. The van der Waals surface area contributed by atoms with E-state index >= 15 is 0 Å². The third-order valence-electron chi connectivity index (χ3n) is 2.58. The highest BCUT2D eigenvalue weighted by Crippen LogP contribution is 2.19. The van der Waals surface area contributed by atoms with Crippen LogP contribution in [0.5, 0.6) is 0 Å². The topological polar surface area (TPSA) is 17.1 Å². The molecule has 1 heteroatoms. The van der Waals surface area contributed by atoms with E-state index in [4.69, 9.17) is 0 Å². The molecule has 0 bridgehead atoms. The van der Waals surface area contributed by atoms with E-state index in [9.17, 15) is 4.79 Å². The molecule has 0 unspecified atom stereocenters. The lowest BCUT2D eigenvalue weighted by Crippen LogP contribution is -1.92. The molecule has 1 aromatic carbocycles. The maximum atomic E-state index is 11.1. The van der Waals surface area contributed by atoms with Crippen LogP contribution in [0, 0.1) is 0 Å². The number of allylic oxidation sites excluding steroid dienone is 5. The van der Waals surface area contributed by atoms with E-state index in [2.05, 4.69) is 12.2 Å². The molecule has 0 aliphatic heterocycles. The number of hydrogen-bond donors (Lipinski definition) is 0. The predicted molar refractivity (Wildman–Crippen MR) is 66.9 cm³/mol. The van der Waals surface area contributed by atoms with E-state index in [1.165, 1.54) is 0 Å². The van der Waals surface area contributed by atoms with Crippen molar-refractivity contribution in [1.82, 2.24) is 0 Å². The first-order chi connectivity index (χ1) is 7.90. The molecule has 0 fully saturated rings. The molecule has 0 heterocycles. The average molecular weight is 210 g/mol. The predicted octanol–water partition coefficient (Wildman–Crippen LogP) is 3.55. The van der Waals surface area contributed by atoms with Crippen LogP contribution < -0.4 is 0 Å². The molecule has 16 heavy (non-hydrogen) atoms. The van der Waals surface area contributed by atoms with Gasteiger partial charge in [0.15, 0.2) is 6.29 Å². The molecule has 80 valence electrons. The van der Waals surface area contributed by atoms with Crippen LogP contribution in [0.2, 0.25) is 0 Å². The number of hydrogen-bond acceptors (Lipinski definition) is 1. The zero-order chi connectivity index (χ0) is 11.2.